The van der Waals surface area contributed by atoms with E-state index in [0.29, 0.717) is 5.25 Å². The molecule has 3 heterocycles. The molecule has 49 heavy (non-hydrogen) atoms. The molecule has 3 unspecified atom stereocenters. The van der Waals surface area contributed by atoms with Crippen LogP contribution in [0, 0.1) is 6.92 Å². The van der Waals surface area contributed by atoms with Crippen molar-refractivity contribution in [3.63, 3.8) is 0 Å². The molecule has 0 amide bonds. The van der Waals surface area contributed by atoms with E-state index < -0.39 is 0 Å². The molecule has 1 saturated heterocycles. The molecule has 1 aliphatic heterocycles. The minimum absolute atomic E-state index is 0.276. The normalized spacial score (nSPS) is 18.9. The first-order valence-electron chi connectivity index (χ1n) is 17.1. The zero-order valence-corrected chi connectivity index (χ0v) is 28.3. The summed E-state index contributed by atoms with van der Waals surface area (Å²) in [6, 6.07) is 48.9. The second kappa shape index (κ2) is 11.1. The number of hydrogen-bond acceptors (Lipinski definition) is 2. The van der Waals surface area contributed by atoms with E-state index in [2.05, 4.69) is 180 Å². The maximum absolute atomic E-state index is 4.00. The van der Waals surface area contributed by atoms with Crippen molar-refractivity contribution in [3.8, 4) is 5.69 Å². The third-order valence-corrected chi connectivity index (χ3v) is 12.0. The van der Waals surface area contributed by atoms with Crippen molar-refractivity contribution in [3.05, 3.63) is 167 Å². The van der Waals surface area contributed by atoms with Crippen molar-refractivity contribution in [2.75, 3.05) is 0 Å². The van der Waals surface area contributed by atoms with E-state index in [0.717, 1.165) is 0 Å². The Morgan fingerprint density at radius 1 is 0.673 bits per heavy atom. The van der Waals surface area contributed by atoms with Crippen LogP contribution >= 0.6 is 11.8 Å². The highest BCUT2D eigenvalue weighted by molar-refractivity contribution is 8.00. The standard InChI is InChI=1S/C45H35N3S/c1-28(27-32-22-21-30-23-26-40-42(41(30)29(32)2)46-45(49-40)31-13-5-3-6-14-31)47-38-19-11-9-17-34(38)36-24-25-37-35-18-10-12-20-39(35)48(44(37)43(36)47)33-15-7-4-8-16-33/h3-27,40,42,45-46H,1-2H3/b28-27+. The molecule has 236 valence electrons. The van der Waals surface area contributed by atoms with Gasteiger partial charge >= 0.3 is 0 Å². The van der Waals surface area contributed by atoms with Gasteiger partial charge < -0.3 is 9.13 Å². The van der Waals surface area contributed by atoms with Crippen molar-refractivity contribution in [2.24, 2.45) is 0 Å². The monoisotopic (exact) mass is 649 g/mol. The summed E-state index contributed by atoms with van der Waals surface area (Å²) in [4.78, 5) is 0. The molecule has 0 spiro atoms. The Morgan fingerprint density at radius 2 is 1.33 bits per heavy atom. The summed E-state index contributed by atoms with van der Waals surface area (Å²) < 4.78 is 4.96. The Bertz CT molecular complexity index is 2640. The minimum atomic E-state index is 0.276. The lowest BCUT2D eigenvalue weighted by Gasteiger charge is -2.26. The lowest BCUT2D eigenvalue weighted by molar-refractivity contribution is 0.569. The van der Waals surface area contributed by atoms with Crippen LogP contribution in [0.2, 0.25) is 0 Å². The number of para-hydroxylation sites is 3. The Morgan fingerprint density at radius 3 is 2.10 bits per heavy atom. The Kier molecular flexibility index (Phi) is 6.52. The Labute approximate surface area is 290 Å². The van der Waals surface area contributed by atoms with Crippen molar-refractivity contribution in [1.82, 2.24) is 14.5 Å². The average molecular weight is 650 g/mol. The van der Waals surface area contributed by atoms with Crippen LogP contribution in [0.5, 0.6) is 0 Å². The third kappa shape index (κ3) is 4.34. The van der Waals surface area contributed by atoms with Gasteiger partial charge in [0.2, 0.25) is 0 Å². The van der Waals surface area contributed by atoms with Gasteiger partial charge in [-0.15, -0.1) is 11.8 Å². The SMILES string of the molecule is C/C(=C\c1ccc2c(c1C)C1NC(c3ccccc3)SC1C=C2)n1c2ccccc2c2ccc3c4ccccc4n(-c4ccccc4)c3c21. The summed E-state index contributed by atoms with van der Waals surface area (Å²) in [6.45, 7) is 4.59. The van der Waals surface area contributed by atoms with Crippen LogP contribution in [0.15, 0.2) is 140 Å². The molecule has 2 aromatic heterocycles. The molecule has 8 aromatic rings. The molecule has 6 aromatic carbocycles. The number of nitrogens with one attached hydrogen (secondary N) is 1. The van der Waals surface area contributed by atoms with E-state index in [1.807, 2.05) is 11.8 Å². The van der Waals surface area contributed by atoms with Crippen molar-refractivity contribution < 1.29 is 0 Å². The summed E-state index contributed by atoms with van der Waals surface area (Å²) in [5.41, 5.74) is 14.0. The van der Waals surface area contributed by atoms with Gasteiger partial charge in [0.1, 0.15) is 0 Å². The second-order valence-corrected chi connectivity index (χ2v) is 14.6. The molecular weight excluding hydrogens is 615 g/mol. The predicted molar refractivity (Wildman–Crippen MR) is 210 cm³/mol. The van der Waals surface area contributed by atoms with Crippen LogP contribution < -0.4 is 5.32 Å². The highest BCUT2D eigenvalue weighted by Gasteiger charge is 2.38. The number of aromatic nitrogens is 2. The Hall–Kier alpha value is -5.29. The first-order valence-corrected chi connectivity index (χ1v) is 18.1. The van der Waals surface area contributed by atoms with Gasteiger partial charge in [0.05, 0.1) is 27.4 Å². The molecule has 2 aliphatic rings. The molecule has 3 nitrogen and oxygen atoms in total. The van der Waals surface area contributed by atoms with Crippen LogP contribution in [0.1, 0.15) is 46.2 Å². The molecule has 10 rings (SSSR count). The summed E-state index contributed by atoms with van der Waals surface area (Å²) in [5.74, 6) is 0. The molecule has 0 radical (unpaired) electrons. The zero-order chi connectivity index (χ0) is 32.6. The maximum Gasteiger partial charge on any atom is 0.0801 e. The van der Waals surface area contributed by atoms with Crippen molar-refractivity contribution in [2.45, 2.75) is 30.5 Å². The van der Waals surface area contributed by atoms with Gasteiger partial charge in [-0.25, -0.2) is 0 Å². The van der Waals surface area contributed by atoms with E-state index in [9.17, 15) is 0 Å². The number of thioether (sulfide) groups is 1. The van der Waals surface area contributed by atoms with E-state index in [1.54, 1.807) is 0 Å². The summed E-state index contributed by atoms with van der Waals surface area (Å²) in [5, 5.41) is 9.76. The number of rotatable bonds is 4. The van der Waals surface area contributed by atoms with Crippen LogP contribution in [-0.4, -0.2) is 14.4 Å². The van der Waals surface area contributed by atoms with Gasteiger partial charge in [0.15, 0.2) is 0 Å². The molecular formula is C45H35N3S. The summed E-state index contributed by atoms with van der Waals surface area (Å²) >= 11 is 2.02. The fraction of sp³-hybridized carbons (Fsp3) is 0.111. The van der Waals surface area contributed by atoms with Gasteiger partial charge in [-0.05, 0) is 72.0 Å². The summed E-state index contributed by atoms with van der Waals surface area (Å²) in [7, 11) is 0. The van der Waals surface area contributed by atoms with Gasteiger partial charge in [-0.3, -0.25) is 5.32 Å². The number of allylic oxidation sites excluding steroid dienone is 1. The number of fused-ring (bicyclic) bond motifs is 10. The molecule has 3 atom stereocenters. The highest BCUT2D eigenvalue weighted by atomic mass is 32.2. The van der Waals surface area contributed by atoms with E-state index >= 15 is 0 Å². The van der Waals surface area contributed by atoms with Crippen LogP contribution in [0.4, 0.5) is 0 Å². The van der Waals surface area contributed by atoms with Crippen molar-refractivity contribution in [1.29, 1.82) is 0 Å². The fourth-order valence-electron chi connectivity index (χ4n) is 8.42. The molecule has 1 fully saturated rings. The minimum Gasteiger partial charge on any atom is -0.311 e. The topological polar surface area (TPSA) is 21.9 Å². The van der Waals surface area contributed by atoms with Gasteiger partial charge in [0.25, 0.3) is 0 Å². The molecule has 0 bridgehead atoms. The van der Waals surface area contributed by atoms with E-state index in [4.69, 9.17) is 0 Å². The first-order chi connectivity index (χ1) is 24.2. The molecule has 1 N–H and O–H groups in total. The van der Waals surface area contributed by atoms with Gasteiger partial charge in [0, 0.05) is 44.2 Å². The van der Waals surface area contributed by atoms with Gasteiger partial charge in [-0.2, -0.15) is 0 Å². The first kappa shape index (κ1) is 28.7. The largest absolute Gasteiger partial charge is 0.311 e. The Balaban J connectivity index is 1.19. The van der Waals surface area contributed by atoms with E-state index in [-0.39, 0.29) is 11.4 Å². The fourth-order valence-corrected chi connectivity index (χ4v) is 9.82. The third-order valence-electron chi connectivity index (χ3n) is 10.6. The van der Waals surface area contributed by atoms with E-state index in [1.165, 1.54) is 82.8 Å². The second-order valence-electron chi connectivity index (χ2n) is 13.4. The van der Waals surface area contributed by atoms with Crippen molar-refractivity contribution >= 4 is 73.2 Å². The van der Waals surface area contributed by atoms with Crippen LogP contribution in [0.25, 0.3) is 67.1 Å². The van der Waals surface area contributed by atoms with Gasteiger partial charge in [-0.1, -0.05) is 121 Å². The smallest absolute Gasteiger partial charge is 0.0801 e. The number of hydrogen-bond donors (Lipinski definition) is 1. The highest BCUT2D eigenvalue weighted by Crippen LogP contribution is 2.49. The molecule has 1 aliphatic carbocycles. The number of nitrogens with zero attached hydrogens (tertiary/aromatic N) is 2. The lowest BCUT2D eigenvalue weighted by Crippen LogP contribution is -2.25. The average Bonchev–Trinajstić information content (AvgIpc) is 3.84. The zero-order valence-electron chi connectivity index (χ0n) is 27.5. The molecule has 4 heteroatoms. The van der Waals surface area contributed by atoms with Crippen LogP contribution in [-0.2, 0) is 0 Å². The number of benzene rings is 6. The van der Waals surface area contributed by atoms with Crippen LogP contribution in [0.3, 0.4) is 0 Å². The molecule has 0 saturated carbocycles. The quantitative estimate of drug-likeness (QED) is 0.205. The lowest BCUT2D eigenvalue weighted by atomic mass is 9.86. The summed E-state index contributed by atoms with van der Waals surface area (Å²) in [6.07, 6.45) is 7.13. The predicted octanol–water partition coefficient (Wildman–Crippen LogP) is 11.7. The maximum atomic E-state index is 4.00.